The van der Waals surface area contributed by atoms with Crippen LogP contribution in [0.4, 0.5) is 0 Å². The average molecular weight is 216 g/mol. The molecule has 14 heavy (non-hydrogen) atoms. The Morgan fingerprint density at radius 1 is 1.57 bits per heavy atom. The number of thioether (sulfide) groups is 1. The average Bonchev–Trinajstić information content (AvgIpc) is 2.15. The Labute approximate surface area is 88.0 Å². The first-order valence-electron chi connectivity index (χ1n) is 5.02. The van der Waals surface area contributed by atoms with Crippen LogP contribution in [-0.4, -0.2) is 59.7 Å². The van der Waals surface area contributed by atoms with E-state index in [1.807, 2.05) is 16.7 Å². The van der Waals surface area contributed by atoms with Crippen LogP contribution in [0, 0.1) is 5.92 Å². The van der Waals surface area contributed by atoms with Crippen LogP contribution in [0.3, 0.4) is 0 Å². The van der Waals surface area contributed by atoms with Gasteiger partial charge in [-0.25, -0.2) is 0 Å². The largest absolute Gasteiger partial charge is 0.394 e. The highest BCUT2D eigenvalue weighted by Gasteiger charge is 2.33. The Morgan fingerprint density at radius 2 is 2.36 bits per heavy atom. The third-order valence-corrected chi connectivity index (χ3v) is 3.94. The summed E-state index contributed by atoms with van der Waals surface area (Å²) >= 11 is 1.82. The number of carbonyl (C=O) groups is 1. The van der Waals surface area contributed by atoms with Crippen LogP contribution in [0.5, 0.6) is 0 Å². The van der Waals surface area contributed by atoms with Crippen LogP contribution in [0.2, 0.25) is 0 Å². The van der Waals surface area contributed by atoms with Crippen LogP contribution in [0.1, 0.15) is 0 Å². The number of rotatable bonds is 2. The number of nitrogens with zero attached hydrogens (tertiary/aromatic N) is 1. The summed E-state index contributed by atoms with van der Waals surface area (Å²) in [5.41, 5.74) is 0. The fraction of sp³-hybridized carbons (Fsp3) is 0.889. The van der Waals surface area contributed by atoms with Gasteiger partial charge in [0.05, 0.1) is 18.6 Å². The highest BCUT2D eigenvalue weighted by Crippen LogP contribution is 2.19. The minimum absolute atomic E-state index is 0.0434. The number of hydrogen-bond donors (Lipinski definition) is 2. The van der Waals surface area contributed by atoms with Gasteiger partial charge < -0.3 is 15.3 Å². The number of nitrogens with one attached hydrogen (secondary N) is 1. The quantitative estimate of drug-likeness (QED) is 0.631. The van der Waals surface area contributed by atoms with Crippen molar-refractivity contribution in [1.29, 1.82) is 0 Å². The molecule has 0 radical (unpaired) electrons. The van der Waals surface area contributed by atoms with Gasteiger partial charge in [0.2, 0.25) is 5.91 Å². The molecule has 0 spiro atoms. The SMILES string of the molecule is O=C(C1CNC1)N1CCSCC1CO. The van der Waals surface area contributed by atoms with Crippen LogP contribution >= 0.6 is 11.8 Å². The van der Waals surface area contributed by atoms with Crippen molar-refractivity contribution in [3.8, 4) is 0 Å². The molecule has 2 fully saturated rings. The van der Waals surface area contributed by atoms with E-state index in [1.165, 1.54) is 0 Å². The van der Waals surface area contributed by atoms with E-state index in [0.29, 0.717) is 0 Å². The van der Waals surface area contributed by atoms with Crippen molar-refractivity contribution >= 4 is 17.7 Å². The maximum atomic E-state index is 11.9. The first kappa shape index (κ1) is 10.3. The first-order valence-corrected chi connectivity index (χ1v) is 6.18. The highest BCUT2D eigenvalue weighted by molar-refractivity contribution is 7.99. The van der Waals surface area contributed by atoms with Crippen LogP contribution in [-0.2, 0) is 4.79 Å². The van der Waals surface area contributed by atoms with Crippen molar-refractivity contribution in [1.82, 2.24) is 10.2 Å². The summed E-state index contributed by atoms with van der Waals surface area (Å²) in [7, 11) is 0. The highest BCUT2D eigenvalue weighted by atomic mass is 32.2. The van der Waals surface area contributed by atoms with Gasteiger partial charge in [-0.2, -0.15) is 11.8 Å². The molecule has 0 aliphatic carbocycles. The second-order valence-electron chi connectivity index (χ2n) is 3.80. The number of carbonyl (C=O) groups excluding carboxylic acids is 1. The zero-order valence-electron chi connectivity index (χ0n) is 8.11. The van der Waals surface area contributed by atoms with E-state index >= 15 is 0 Å². The van der Waals surface area contributed by atoms with Crippen molar-refractivity contribution in [2.24, 2.45) is 5.92 Å². The Hall–Kier alpha value is -0.260. The second-order valence-corrected chi connectivity index (χ2v) is 4.95. The molecule has 0 saturated carbocycles. The predicted molar refractivity (Wildman–Crippen MR) is 56.3 cm³/mol. The summed E-state index contributed by atoms with van der Waals surface area (Å²) in [6.07, 6.45) is 0. The molecular formula is C9H16N2O2S. The molecular weight excluding hydrogens is 200 g/mol. The molecule has 0 aromatic carbocycles. The molecule has 2 rings (SSSR count). The number of aliphatic hydroxyl groups is 1. The van der Waals surface area contributed by atoms with E-state index < -0.39 is 0 Å². The fourth-order valence-electron chi connectivity index (χ4n) is 1.79. The van der Waals surface area contributed by atoms with Gasteiger partial charge in [-0.3, -0.25) is 4.79 Å². The summed E-state index contributed by atoms with van der Waals surface area (Å²) in [5, 5.41) is 12.3. The molecule has 0 aromatic heterocycles. The van der Waals surface area contributed by atoms with E-state index in [1.54, 1.807) is 0 Å². The van der Waals surface area contributed by atoms with E-state index in [2.05, 4.69) is 5.32 Å². The minimum atomic E-state index is 0.0434. The van der Waals surface area contributed by atoms with Crippen molar-refractivity contribution in [3.63, 3.8) is 0 Å². The van der Waals surface area contributed by atoms with E-state index in [-0.39, 0.29) is 24.5 Å². The predicted octanol–water partition coefficient (Wildman–Crippen LogP) is -0.858. The molecule has 0 bridgehead atoms. The molecule has 4 nitrogen and oxygen atoms in total. The van der Waals surface area contributed by atoms with Crippen molar-refractivity contribution in [3.05, 3.63) is 0 Å². The third-order valence-electron chi connectivity index (χ3n) is 2.85. The zero-order valence-corrected chi connectivity index (χ0v) is 8.92. The number of amides is 1. The lowest BCUT2D eigenvalue weighted by Crippen LogP contribution is -2.57. The Kier molecular flexibility index (Phi) is 3.30. The molecule has 2 aliphatic rings. The molecule has 2 saturated heterocycles. The lowest BCUT2D eigenvalue weighted by atomic mass is 10.0. The molecule has 5 heteroatoms. The maximum absolute atomic E-state index is 11.9. The standard InChI is InChI=1S/C9H16N2O2S/c12-5-8-6-14-2-1-11(8)9(13)7-3-10-4-7/h7-8,10,12H,1-6H2. The molecule has 2 N–H and O–H groups in total. The van der Waals surface area contributed by atoms with Gasteiger partial charge in [0.1, 0.15) is 0 Å². The Bertz CT molecular complexity index is 221. The van der Waals surface area contributed by atoms with Gasteiger partial charge in [-0.1, -0.05) is 0 Å². The zero-order chi connectivity index (χ0) is 9.97. The maximum Gasteiger partial charge on any atom is 0.228 e. The topological polar surface area (TPSA) is 52.6 Å². The molecule has 1 atom stereocenters. The monoisotopic (exact) mass is 216 g/mol. The van der Waals surface area contributed by atoms with Gasteiger partial charge in [0, 0.05) is 31.1 Å². The summed E-state index contributed by atoms with van der Waals surface area (Å²) < 4.78 is 0. The van der Waals surface area contributed by atoms with Gasteiger partial charge in [-0.05, 0) is 0 Å². The van der Waals surface area contributed by atoms with Gasteiger partial charge in [0.25, 0.3) is 0 Å². The fourth-order valence-corrected chi connectivity index (χ4v) is 2.84. The lowest BCUT2D eigenvalue weighted by Gasteiger charge is -2.39. The Morgan fingerprint density at radius 3 is 2.93 bits per heavy atom. The molecule has 1 amide bonds. The summed E-state index contributed by atoms with van der Waals surface area (Å²) in [6.45, 7) is 2.51. The molecule has 2 heterocycles. The van der Waals surface area contributed by atoms with Gasteiger partial charge in [0.15, 0.2) is 0 Å². The minimum Gasteiger partial charge on any atom is -0.394 e. The normalized spacial score (nSPS) is 28.6. The first-order chi connectivity index (χ1) is 6.83. The van der Waals surface area contributed by atoms with Crippen molar-refractivity contribution < 1.29 is 9.90 Å². The van der Waals surface area contributed by atoms with Crippen LogP contribution in [0.25, 0.3) is 0 Å². The van der Waals surface area contributed by atoms with Crippen LogP contribution in [0.15, 0.2) is 0 Å². The number of hydrogen-bond acceptors (Lipinski definition) is 4. The Balaban J connectivity index is 1.95. The molecule has 2 aliphatic heterocycles. The van der Waals surface area contributed by atoms with Crippen molar-refractivity contribution in [2.75, 3.05) is 37.7 Å². The lowest BCUT2D eigenvalue weighted by molar-refractivity contribution is -0.139. The summed E-state index contributed by atoms with van der Waals surface area (Å²) in [5.74, 6) is 2.26. The molecule has 0 aromatic rings. The van der Waals surface area contributed by atoms with E-state index in [0.717, 1.165) is 31.1 Å². The number of aliphatic hydroxyl groups excluding tert-OH is 1. The molecule has 1 unspecified atom stereocenters. The van der Waals surface area contributed by atoms with Gasteiger partial charge in [-0.15, -0.1) is 0 Å². The summed E-state index contributed by atoms with van der Waals surface area (Å²) in [4.78, 5) is 13.8. The smallest absolute Gasteiger partial charge is 0.228 e. The summed E-state index contributed by atoms with van der Waals surface area (Å²) in [6, 6.07) is 0.0434. The third kappa shape index (κ3) is 1.89. The van der Waals surface area contributed by atoms with E-state index in [9.17, 15) is 4.79 Å². The van der Waals surface area contributed by atoms with Crippen molar-refractivity contribution in [2.45, 2.75) is 6.04 Å². The second kappa shape index (κ2) is 4.51. The van der Waals surface area contributed by atoms with Crippen LogP contribution < -0.4 is 5.32 Å². The van der Waals surface area contributed by atoms with Gasteiger partial charge >= 0.3 is 0 Å². The van der Waals surface area contributed by atoms with E-state index in [4.69, 9.17) is 5.11 Å². The molecule has 80 valence electrons.